The van der Waals surface area contributed by atoms with Crippen LogP contribution in [0, 0.1) is 0 Å². The second-order valence-electron chi connectivity index (χ2n) is 2.21. The molecule has 0 bridgehead atoms. The molecule has 0 aromatic rings. The molecule has 4 nitrogen and oxygen atoms in total. The Hall–Kier alpha value is -0.870. The summed E-state index contributed by atoms with van der Waals surface area (Å²) in [5, 5.41) is 17.8. The van der Waals surface area contributed by atoms with E-state index < -0.39 is 17.3 Å². The van der Waals surface area contributed by atoms with Crippen molar-refractivity contribution in [3.63, 3.8) is 0 Å². The molecule has 56 valence electrons. The molecule has 1 heterocycles. The molecule has 0 fully saturated rings. The van der Waals surface area contributed by atoms with E-state index in [1.807, 2.05) is 0 Å². The minimum absolute atomic E-state index is 0.0601. The maximum atomic E-state index is 10.8. The molecule has 1 unspecified atom stereocenters. The molecule has 0 aromatic carbocycles. The third-order valence-corrected chi connectivity index (χ3v) is 1.30. The predicted molar refractivity (Wildman–Crippen MR) is 32.3 cm³/mol. The normalized spacial score (nSPS) is 33.8. The lowest BCUT2D eigenvalue weighted by Crippen LogP contribution is -2.42. The highest BCUT2D eigenvalue weighted by Crippen LogP contribution is 2.16. The molecule has 0 aliphatic carbocycles. The fourth-order valence-electron chi connectivity index (χ4n) is 0.679. The van der Waals surface area contributed by atoms with Crippen LogP contribution in [0.25, 0.3) is 0 Å². The molecule has 0 radical (unpaired) electrons. The Morgan fingerprint density at radius 1 is 1.80 bits per heavy atom. The van der Waals surface area contributed by atoms with Gasteiger partial charge in [0.1, 0.15) is 0 Å². The maximum Gasteiger partial charge on any atom is 0.255 e. The molecule has 0 spiro atoms. The van der Waals surface area contributed by atoms with Crippen LogP contribution in [-0.2, 0) is 9.53 Å². The summed E-state index contributed by atoms with van der Waals surface area (Å²) in [5.74, 6) is -3.08. The van der Waals surface area contributed by atoms with Gasteiger partial charge in [0.05, 0.1) is 6.61 Å². The van der Waals surface area contributed by atoms with E-state index in [-0.39, 0.29) is 6.61 Å². The smallest absolute Gasteiger partial charge is 0.255 e. The van der Waals surface area contributed by atoms with Gasteiger partial charge in [-0.3, -0.25) is 4.79 Å². The summed E-state index contributed by atoms with van der Waals surface area (Å²) in [6.45, 7) is 1.25. The first kappa shape index (κ1) is 7.24. The Labute approximate surface area is 57.7 Å². The summed E-state index contributed by atoms with van der Waals surface area (Å²) in [4.78, 5) is 10.8. The van der Waals surface area contributed by atoms with E-state index in [2.05, 4.69) is 4.74 Å². The van der Waals surface area contributed by atoms with E-state index in [1.165, 1.54) is 13.0 Å². The number of hydrogen-bond donors (Lipinski definition) is 2. The standard InChI is InChI=1S/C6H8O4/c1-6(9)5(8)4(7)2-3-10-6/h2,7,9H,3H2,1H3. The molecule has 2 N–H and O–H groups in total. The number of carbonyl (C=O) groups is 1. The maximum absolute atomic E-state index is 10.8. The van der Waals surface area contributed by atoms with Gasteiger partial charge in [0.15, 0.2) is 5.76 Å². The number of ether oxygens (including phenoxy) is 1. The van der Waals surface area contributed by atoms with E-state index in [0.717, 1.165) is 0 Å². The van der Waals surface area contributed by atoms with Crippen LogP contribution in [-0.4, -0.2) is 28.4 Å². The van der Waals surface area contributed by atoms with Crippen LogP contribution in [0.4, 0.5) is 0 Å². The number of aliphatic hydroxyl groups is 2. The first-order valence-corrected chi connectivity index (χ1v) is 2.84. The van der Waals surface area contributed by atoms with Crippen molar-refractivity contribution >= 4 is 5.78 Å². The van der Waals surface area contributed by atoms with Gasteiger partial charge in [-0.25, -0.2) is 0 Å². The Morgan fingerprint density at radius 2 is 2.40 bits per heavy atom. The van der Waals surface area contributed by atoms with Gasteiger partial charge in [-0.15, -0.1) is 0 Å². The van der Waals surface area contributed by atoms with Crippen LogP contribution in [0.3, 0.4) is 0 Å². The van der Waals surface area contributed by atoms with Crippen molar-refractivity contribution in [3.8, 4) is 0 Å². The highest BCUT2D eigenvalue weighted by molar-refractivity contribution is 5.98. The lowest BCUT2D eigenvalue weighted by molar-refractivity contribution is -0.195. The van der Waals surface area contributed by atoms with Crippen LogP contribution in [0.2, 0.25) is 0 Å². The van der Waals surface area contributed by atoms with Gasteiger partial charge in [0.2, 0.25) is 5.79 Å². The first-order chi connectivity index (χ1) is 4.54. The molecule has 1 rings (SSSR count). The molecule has 0 saturated heterocycles. The van der Waals surface area contributed by atoms with Crippen molar-refractivity contribution in [1.29, 1.82) is 0 Å². The molecule has 4 heteroatoms. The summed E-state index contributed by atoms with van der Waals surface area (Å²) in [7, 11) is 0. The SMILES string of the molecule is CC1(O)OCC=C(O)C1=O. The average molecular weight is 144 g/mol. The Kier molecular flexibility index (Phi) is 1.50. The molecule has 0 aromatic heterocycles. The van der Waals surface area contributed by atoms with Gasteiger partial charge >= 0.3 is 0 Å². The molecule has 10 heavy (non-hydrogen) atoms. The van der Waals surface area contributed by atoms with E-state index in [9.17, 15) is 4.79 Å². The van der Waals surface area contributed by atoms with Gasteiger partial charge < -0.3 is 14.9 Å². The van der Waals surface area contributed by atoms with Gasteiger partial charge in [-0.1, -0.05) is 0 Å². The second-order valence-corrected chi connectivity index (χ2v) is 2.21. The summed E-state index contributed by atoms with van der Waals surface area (Å²) >= 11 is 0. The van der Waals surface area contributed by atoms with Gasteiger partial charge in [-0.2, -0.15) is 0 Å². The minimum Gasteiger partial charge on any atom is -0.504 e. The quantitative estimate of drug-likeness (QED) is 0.491. The summed E-state index contributed by atoms with van der Waals surface area (Å²) in [5.41, 5.74) is 0. The fourth-order valence-corrected chi connectivity index (χ4v) is 0.679. The van der Waals surface area contributed by atoms with Gasteiger partial charge in [0.25, 0.3) is 5.78 Å². The van der Waals surface area contributed by atoms with E-state index >= 15 is 0 Å². The number of ketones is 1. The van der Waals surface area contributed by atoms with Gasteiger partial charge in [0, 0.05) is 0 Å². The van der Waals surface area contributed by atoms with E-state index in [4.69, 9.17) is 10.2 Å². The van der Waals surface area contributed by atoms with Crippen LogP contribution < -0.4 is 0 Å². The number of hydrogen-bond acceptors (Lipinski definition) is 4. The van der Waals surface area contributed by atoms with E-state index in [0.29, 0.717) is 0 Å². The highest BCUT2D eigenvalue weighted by atomic mass is 16.6. The molecule has 1 aliphatic heterocycles. The number of aliphatic hydroxyl groups excluding tert-OH is 1. The van der Waals surface area contributed by atoms with E-state index in [1.54, 1.807) is 0 Å². The third-order valence-electron chi connectivity index (χ3n) is 1.30. The van der Waals surface area contributed by atoms with Gasteiger partial charge in [-0.05, 0) is 13.0 Å². The number of Topliss-reactive ketones (excluding diaryl/α,β-unsaturated/α-hetero) is 1. The van der Waals surface area contributed by atoms with Crippen LogP contribution >= 0.6 is 0 Å². The Morgan fingerprint density at radius 3 is 2.80 bits per heavy atom. The molecular weight excluding hydrogens is 136 g/mol. The zero-order valence-electron chi connectivity index (χ0n) is 5.50. The Bertz CT molecular complexity index is 192. The number of carbonyl (C=O) groups excluding carboxylic acids is 1. The van der Waals surface area contributed by atoms with Crippen LogP contribution in [0.15, 0.2) is 11.8 Å². The largest absolute Gasteiger partial charge is 0.504 e. The highest BCUT2D eigenvalue weighted by Gasteiger charge is 2.36. The van der Waals surface area contributed by atoms with Crippen molar-refractivity contribution in [2.45, 2.75) is 12.7 Å². The predicted octanol–water partition coefficient (Wildman–Crippen LogP) is -0.264. The molecular formula is C6H8O4. The van der Waals surface area contributed by atoms with Crippen LogP contribution in [0.5, 0.6) is 0 Å². The third kappa shape index (κ3) is 1.03. The zero-order valence-corrected chi connectivity index (χ0v) is 5.50. The fraction of sp³-hybridized carbons (Fsp3) is 0.500. The molecule has 1 aliphatic rings. The van der Waals surface area contributed by atoms with Crippen molar-refractivity contribution in [2.24, 2.45) is 0 Å². The Balaban J connectivity index is 2.89. The molecule has 1 atom stereocenters. The van der Waals surface area contributed by atoms with Crippen molar-refractivity contribution in [3.05, 3.63) is 11.8 Å². The lowest BCUT2D eigenvalue weighted by atomic mass is 10.1. The van der Waals surface area contributed by atoms with Crippen molar-refractivity contribution in [1.82, 2.24) is 0 Å². The molecule has 0 saturated carbocycles. The second kappa shape index (κ2) is 2.07. The summed E-state index contributed by atoms with van der Waals surface area (Å²) in [6.07, 6.45) is 1.21. The van der Waals surface area contributed by atoms with Crippen molar-refractivity contribution in [2.75, 3.05) is 6.61 Å². The monoisotopic (exact) mass is 144 g/mol. The minimum atomic E-state index is -1.85. The molecule has 0 amide bonds. The van der Waals surface area contributed by atoms with Crippen LogP contribution in [0.1, 0.15) is 6.92 Å². The average Bonchev–Trinajstić information content (AvgIpc) is 1.83. The number of rotatable bonds is 0. The summed E-state index contributed by atoms with van der Waals surface area (Å²) in [6, 6.07) is 0. The summed E-state index contributed by atoms with van der Waals surface area (Å²) < 4.78 is 4.62. The lowest BCUT2D eigenvalue weighted by Gasteiger charge is -2.24. The zero-order chi connectivity index (χ0) is 7.78. The topological polar surface area (TPSA) is 66.8 Å². The van der Waals surface area contributed by atoms with Crippen molar-refractivity contribution < 1.29 is 19.7 Å². The first-order valence-electron chi connectivity index (χ1n) is 2.84.